The van der Waals surface area contributed by atoms with Gasteiger partial charge >= 0.3 is 0 Å². The minimum absolute atomic E-state index is 0.378. The van der Waals surface area contributed by atoms with Gasteiger partial charge in [0.1, 0.15) is 5.82 Å². The zero-order valence-electron chi connectivity index (χ0n) is 14.7. The molecule has 0 bridgehead atoms. The van der Waals surface area contributed by atoms with Crippen molar-refractivity contribution < 1.29 is 8.42 Å². The average molecular weight is 359 g/mol. The van der Waals surface area contributed by atoms with Crippen molar-refractivity contribution in [1.29, 1.82) is 0 Å². The van der Waals surface area contributed by atoms with Crippen LogP contribution in [0.5, 0.6) is 0 Å². The third-order valence-electron chi connectivity index (χ3n) is 5.46. The lowest BCUT2D eigenvalue weighted by molar-refractivity contribution is 0.437. The zero-order valence-corrected chi connectivity index (χ0v) is 15.5. The number of fused-ring (bicyclic) bond motifs is 1. The molecule has 134 valence electrons. The molecule has 0 spiro atoms. The number of benzene rings is 1. The summed E-state index contributed by atoms with van der Waals surface area (Å²) in [6.45, 7) is 5.64. The molecule has 0 atom stereocenters. The molecule has 3 heterocycles. The molecular weight excluding hydrogens is 334 g/mol. The highest BCUT2D eigenvalue weighted by molar-refractivity contribution is 7.89. The molecule has 0 unspecified atom stereocenters. The predicted octanol–water partition coefficient (Wildman–Crippen LogP) is 3.26. The maximum Gasteiger partial charge on any atom is 0.243 e. The maximum atomic E-state index is 12.7. The zero-order chi connectivity index (χ0) is 17.4. The van der Waals surface area contributed by atoms with E-state index in [0.29, 0.717) is 18.0 Å². The maximum absolute atomic E-state index is 12.7. The minimum Gasteiger partial charge on any atom is -0.357 e. The second kappa shape index (κ2) is 6.57. The highest BCUT2D eigenvalue weighted by Crippen LogP contribution is 2.27. The van der Waals surface area contributed by atoms with Crippen molar-refractivity contribution in [2.24, 2.45) is 5.92 Å². The van der Waals surface area contributed by atoms with E-state index in [1.165, 1.54) is 12.8 Å². The lowest BCUT2D eigenvalue weighted by atomic mass is 9.99. The summed E-state index contributed by atoms with van der Waals surface area (Å²) in [5.41, 5.74) is 0.858. The van der Waals surface area contributed by atoms with Gasteiger partial charge in [0, 0.05) is 31.6 Å². The first-order valence-corrected chi connectivity index (χ1v) is 10.6. The van der Waals surface area contributed by atoms with Crippen LogP contribution >= 0.6 is 0 Å². The van der Waals surface area contributed by atoms with Gasteiger partial charge in [0.05, 0.1) is 10.4 Å². The number of rotatable bonds is 3. The van der Waals surface area contributed by atoms with Crippen molar-refractivity contribution in [1.82, 2.24) is 9.29 Å². The number of hydrogen-bond acceptors (Lipinski definition) is 4. The van der Waals surface area contributed by atoms with E-state index in [0.717, 1.165) is 48.6 Å². The Bertz CT molecular complexity index is 867. The molecule has 2 saturated heterocycles. The van der Waals surface area contributed by atoms with Gasteiger partial charge in [0.15, 0.2) is 0 Å². The van der Waals surface area contributed by atoms with Crippen LogP contribution in [-0.2, 0) is 10.0 Å². The summed E-state index contributed by atoms with van der Waals surface area (Å²) in [5.74, 6) is 1.78. The molecule has 0 aliphatic carbocycles. The van der Waals surface area contributed by atoms with Crippen LogP contribution in [-0.4, -0.2) is 43.9 Å². The Morgan fingerprint density at radius 3 is 2.44 bits per heavy atom. The number of aromatic nitrogens is 1. The quantitative estimate of drug-likeness (QED) is 0.844. The Morgan fingerprint density at radius 1 is 1.00 bits per heavy atom. The van der Waals surface area contributed by atoms with Gasteiger partial charge in [-0.15, -0.1) is 0 Å². The topological polar surface area (TPSA) is 53.5 Å². The number of sulfonamides is 1. The van der Waals surface area contributed by atoms with Crippen molar-refractivity contribution in [3.05, 3.63) is 30.3 Å². The second-order valence-electron chi connectivity index (χ2n) is 7.30. The molecule has 5 nitrogen and oxygen atoms in total. The van der Waals surface area contributed by atoms with Crippen LogP contribution in [0, 0.1) is 5.92 Å². The van der Waals surface area contributed by atoms with Gasteiger partial charge in [-0.3, -0.25) is 0 Å². The smallest absolute Gasteiger partial charge is 0.243 e. The Hall–Kier alpha value is -1.66. The fraction of sp³-hybridized carbons (Fsp3) is 0.526. The fourth-order valence-electron chi connectivity index (χ4n) is 3.74. The summed E-state index contributed by atoms with van der Waals surface area (Å²) in [6, 6.07) is 9.32. The molecule has 2 aliphatic heterocycles. The molecule has 0 N–H and O–H groups in total. The first-order chi connectivity index (χ1) is 12.0. The van der Waals surface area contributed by atoms with Crippen LogP contribution in [0.4, 0.5) is 5.82 Å². The van der Waals surface area contributed by atoms with Gasteiger partial charge < -0.3 is 4.90 Å². The monoisotopic (exact) mass is 359 g/mol. The third kappa shape index (κ3) is 3.25. The number of pyridine rings is 1. The largest absolute Gasteiger partial charge is 0.357 e. The molecule has 6 heteroatoms. The molecule has 0 radical (unpaired) electrons. The van der Waals surface area contributed by atoms with Gasteiger partial charge in [-0.2, -0.15) is 4.31 Å². The number of nitrogens with zero attached hydrogens (tertiary/aromatic N) is 3. The van der Waals surface area contributed by atoms with Crippen LogP contribution in [0.1, 0.15) is 32.6 Å². The lowest BCUT2D eigenvalue weighted by Gasteiger charge is -2.31. The number of anilines is 1. The predicted molar refractivity (Wildman–Crippen MR) is 100 cm³/mol. The van der Waals surface area contributed by atoms with E-state index in [-0.39, 0.29) is 0 Å². The Balaban J connectivity index is 1.63. The molecule has 1 aromatic heterocycles. The number of piperidine rings is 1. The fourth-order valence-corrected chi connectivity index (χ4v) is 5.30. The van der Waals surface area contributed by atoms with Gasteiger partial charge in [0.2, 0.25) is 10.0 Å². The van der Waals surface area contributed by atoms with Gasteiger partial charge in [-0.25, -0.2) is 13.4 Å². The van der Waals surface area contributed by atoms with Crippen LogP contribution < -0.4 is 4.90 Å². The highest BCUT2D eigenvalue weighted by Gasteiger charge is 2.27. The molecule has 1 aromatic carbocycles. The Labute approximate surface area is 149 Å². The van der Waals surface area contributed by atoms with Crippen LogP contribution in [0.25, 0.3) is 10.9 Å². The minimum atomic E-state index is -3.37. The molecule has 25 heavy (non-hydrogen) atoms. The molecule has 2 aromatic rings. The molecule has 2 aliphatic rings. The van der Waals surface area contributed by atoms with E-state index in [1.807, 2.05) is 18.2 Å². The lowest BCUT2D eigenvalue weighted by Crippen LogP contribution is -2.33. The van der Waals surface area contributed by atoms with E-state index in [9.17, 15) is 8.42 Å². The van der Waals surface area contributed by atoms with Crippen molar-refractivity contribution in [3.63, 3.8) is 0 Å². The van der Waals surface area contributed by atoms with Crippen LogP contribution in [0.15, 0.2) is 35.2 Å². The summed E-state index contributed by atoms with van der Waals surface area (Å²) in [5, 5.41) is 0.884. The first-order valence-electron chi connectivity index (χ1n) is 9.20. The van der Waals surface area contributed by atoms with Crippen LogP contribution in [0.3, 0.4) is 0 Å². The van der Waals surface area contributed by atoms with E-state index < -0.39 is 10.0 Å². The SMILES string of the molecule is CC1CCN(c2ccc3cc(S(=O)(=O)N4CCCC4)ccc3n2)CC1. The van der Waals surface area contributed by atoms with Gasteiger partial charge in [-0.05, 0) is 61.9 Å². The summed E-state index contributed by atoms with van der Waals surface area (Å²) in [7, 11) is -3.37. The van der Waals surface area contributed by atoms with E-state index in [4.69, 9.17) is 4.98 Å². The van der Waals surface area contributed by atoms with Gasteiger partial charge in [-0.1, -0.05) is 6.92 Å². The number of hydrogen-bond donors (Lipinski definition) is 0. The Kier molecular flexibility index (Phi) is 4.41. The molecule has 0 saturated carbocycles. The van der Waals surface area contributed by atoms with E-state index in [1.54, 1.807) is 16.4 Å². The van der Waals surface area contributed by atoms with E-state index in [2.05, 4.69) is 11.8 Å². The normalized spacial score (nSPS) is 20.4. The molecule has 2 fully saturated rings. The molecule has 0 amide bonds. The second-order valence-corrected chi connectivity index (χ2v) is 9.24. The summed E-state index contributed by atoms with van der Waals surface area (Å²) in [6.07, 6.45) is 4.30. The van der Waals surface area contributed by atoms with E-state index >= 15 is 0 Å². The third-order valence-corrected chi connectivity index (χ3v) is 7.35. The van der Waals surface area contributed by atoms with Crippen molar-refractivity contribution in [3.8, 4) is 0 Å². The average Bonchev–Trinajstić information content (AvgIpc) is 3.17. The highest BCUT2D eigenvalue weighted by atomic mass is 32.2. The first kappa shape index (κ1) is 16.8. The van der Waals surface area contributed by atoms with Crippen molar-refractivity contribution >= 4 is 26.7 Å². The molecular formula is C19H25N3O2S. The summed E-state index contributed by atoms with van der Waals surface area (Å²) >= 11 is 0. The molecule has 4 rings (SSSR count). The van der Waals surface area contributed by atoms with Crippen molar-refractivity contribution in [2.75, 3.05) is 31.1 Å². The summed E-state index contributed by atoms with van der Waals surface area (Å²) in [4.78, 5) is 7.47. The van der Waals surface area contributed by atoms with Crippen LogP contribution in [0.2, 0.25) is 0 Å². The Morgan fingerprint density at radius 2 is 1.72 bits per heavy atom. The summed E-state index contributed by atoms with van der Waals surface area (Å²) < 4.78 is 27.0. The standard InChI is InChI=1S/C19H25N3O2S/c1-15-8-12-21(13-9-15)19-7-4-16-14-17(5-6-18(16)20-19)25(23,24)22-10-2-3-11-22/h4-7,14-15H,2-3,8-13H2,1H3. The van der Waals surface area contributed by atoms with Crippen molar-refractivity contribution in [2.45, 2.75) is 37.5 Å². The van der Waals surface area contributed by atoms with Gasteiger partial charge in [0.25, 0.3) is 0 Å².